The Morgan fingerprint density at radius 3 is 2.17 bits per heavy atom. The van der Waals surface area contributed by atoms with Crippen LogP contribution in [0.5, 0.6) is 0 Å². The molecule has 29 heavy (non-hydrogen) atoms. The van der Waals surface area contributed by atoms with Crippen molar-refractivity contribution < 1.29 is 17.6 Å². The molecule has 0 fully saturated rings. The Hall–Kier alpha value is -3.14. The van der Waals surface area contributed by atoms with E-state index in [1.165, 1.54) is 24.3 Å². The summed E-state index contributed by atoms with van der Waals surface area (Å²) in [4.78, 5) is 0. The van der Waals surface area contributed by atoms with E-state index in [1.807, 2.05) is 12.1 Å². The number of benzene rings is 4. The number of fused-ring (bicyclic) bond motifs is 1. The molecule has 4 aromatic carbocycles. The van der Waals surface area contributed by atoms with Gasteiger partial charge in [-0.15, -0.1) is 0 Å². The van der Waals surface area contributed by atoms with E-state index in [0.717, 1.165) is 42.0 Å². The molecule has 0 unspecified atom stereocenters. The van der Waals surface area contributed by atoms with Crippen molar-refractivity contribution >= 4 is 10.8 Å². The Kier molecular flexibility index (Phi) is 5.10. The van der Waals surface area contributed by atoms with Gasteiger partial charge in [0, 0.05) is 10.9 Å². The summed E-state index contributed by atoms with van der Waals surface area (Å²) in [5, 5.41) is 1.15. The molecule has 0 spiro atoms. The molecule has 0 bridgehead atoms. The predicted molar refractivity (Wildman–Crippen MR) is 109 cm³/mol. The van der Waals surface area contributed by atoms with Crippen LogP contribution in [0.3, 0.4) is 0 Å². The summed E-state index contributed by atoms with van der Waals surface area (Å²) < 4.78 is 58.0. The fraction of sp³-hybridized carbons (Fsp3) is 0.120. The number of rotatable bonds is 4. The summed E-state index contributed by atoms with van der Waals surface area (Å²) in [6.45, 7) is 2.07. The lowest BCUT2D eigenvalue weighted by atomic mass is 9.95. The smallest absolute Gasteiger partial charge is 0.138 e. The molecule has 4 aromatic rings. The molecule has 4 rings (SSSR count). The quantitative estimate of drug-likeness (QED) is 0.311. The van der Waals surface area contributed by atoms with Gasteiger partial charge < -0.3 is 0 Å². The Balaban J connectivity index is 1.82. The fourth-order valence-electron chi connectivity index (χ4n) is 3.66. The maximum atomic E-state index is 15.1. The zero-order chi connectivity index (χ0) is 20.5. The average Bonchev–Trinajstić information content (AvgIpc) is 2.68. The topological polar surface area (TPSA) is 0 Å². The van der Waals surface area contributed by atoms with Crippen molar-refractivity contribution in [1.82, 2.24) is 0 Å². The van der Waals surface area contributed by atoms with Gasteiger partial charge >= 0.3 is 0 Å². The highest BCUT2D eigenvalue weighted by Crippen LogP contribution is 2.34. The van der Waals surface area contributed by atoms with E-state index >= 15 is 4.39 Å². The minimum Gasteiger partial charge on any atom is -0.207 e. The molecule has 0 amide bonds. The molecule has 146 valence electrons. The van der Waals surface area contributed by atoms with Crippen LogP contribution in [0, 0.1) is 23.3 Å². The van der Waals surface area contributed by atoms with Crippen LogP contribution in [0.2, 0.25) is 0 Å². The molecule has 0 heterocycles. The molecular weight excluding hydrogens is 376 g/mol. The van der Waals surface area contributed by atoms with Crippen LogP contribution in [-0.4, -0.2) is 0 Å². The van der Waals surface area contributed by atoms with Crippen LogP contribution < -0.4 is 0 Å². The van der Waals surface area contributed by atoms with Crippen LogP contribution >= 0.6 is 0 Å². The summed E-state index contributed by atoms with van der Waals surface area (Å²) in [7, 11) is 0. The number of halogens is 4. The lowest BCUT2D eigenvalue weighted by Crippen LogP contribution is -1.95. The third kappa shape index (κ3) is 3.63. The maximum Gasteiger partial charge on any atom is 0.138 e. The number of hydrogen-bond acceptors (Lipinski definition) is 0. The average molecular weight is 394 g/mol. The fourth-order valence-corrected chi connectivity index (χ4v) is 3.66. The number of aryl methyl sites for hydroxylation is 1. The van der Waals surface area contributed by atoms with Crippen molar-refractivity contribution in [2.75, 3.05) is 0 Å². The van der Waals surface area contributed by atoms with Gasteiger partial charge in [-0.25, -0.2) is 17.6 Å². The van der Waals surface area contributed by atoms with Gasteiger partial charge in [-0.3, -0.25) is 0 Å². The third-order valence-corrected chi connectivity index (χ3v) is 5.02. The van der Waals surface area contributed by atoms with Crippen LogP contribution in [-0.2, 0) is 6.42 Å². The Labute approximate surface area is 166 Å². The minimum atomic E-state index is -0.872. The van der Waals surface area contributed by atoms with Crippen LogP contribution in [0.4, 0.5) is 17.6 Å². The molecule has 0 aliphatic heterocycles. The molecule has 0 N–H and O–H groups in total. The summed E-state index contributed by atoms with van der Waals surface area (Å²) >= 11 is 0. The molecule has 4 heteroatoms. The van der Waals surface area contributed by atoms with Crippen molar-refractivity contribution in [1.29, 1.82) is 0 Å². The van der Waals surface area contributed by atoms with Gasteiger partial charge in [0.2, 0.25) is 0 Å². The Morgan fingerprint density at radius 1 is 0.724 bits per heavy atom. The van der Waals surface area contributed by atoms with Gasteiger partial charge in [-0.1, -0.05) is 55.8 Å². The SMILES string of the molecule is CCCc1ccc2c(F)c(-c3cc(F)c(-c4cccc(F)c4)c(F)c3)ccc2c1. The molecule has 0 saturated heterocycles. The van der Waals surface area contributed by atoms with Crippen molar-refractivity contribution in [2.45, 2.75) is 19.8 Å². The molecule has 0 radical (unpaired) electrons. The zero-order valence-corrected chi connectivity index (χ0v) is 15.8. The highest BCUT2D eigenvalue weighted by Gasteiger charge is 2.17. The predicted octanol–water partition coefficient (Wildman–Crippen LogP) is 7.68. The standard InChI is InChI=1S/C25H18F4/c1-2-4-15-7-9-20-16(11-15)8-10-21(25(20)29)18-13-22(27)24(23(28)14-18)17-5-3-6-19(26)12-17/h3,5-14H,2,4H2,1H3. The maximum absolute atomic E-state index is 15.1. The number of hydrogen-bond donors (Lipinski definition) is 0. The monoisotopic (exact) mass is 394 g/mol. The first-order chi connectivity index (χ1) is 14.0. The molecule has 0 nitrogen and oxygen atoms in total. The third-order valence-electron chi connectivity index (χ3n) is 5.02. The van der Waals surface area contributed by atoms with E-state index in [4.69, 9.17) is 0 Å². The van der Waals surface area contributed by atoms with Gasteiger partial charge in [-0.05, 0) is 52.8 Å². The van der Waals surface area contributed by atoms with Gasteiger partial charge in [0.1, 0.15) is 23.3 Å². The van der Waals surface area contributed by atoms with Crippen molar-refractivity contribution in [2.24, 2.45) is 0 Å². The van der Waals surface area contributed by atoms with Crippen molar-refractivity contribution in [3.8, 4) is 22.3 Å². The second kappa shape index (κ2) is 7.70. The molecule has 0 aromatic heterocycles. The first-order valence-corrected chi connectivity index (χ1v) is 9.44. The summed E-state index contributed by atoms with van der Waals surface area (Å²) in [6.07, 6.45) is 1.89. The highest BCUT2D eigenvalue weighted by molar-refractivity contribution is 5.89. The highest BCUT2D eigenvalue weighted by atomic mass is 19.1. The summed E-state index contributed by atoms with van der Waals surface area (Å²) in [6, 6.07) is 16.0. The molecular formula is C25H18F4. The first-order valence-electron chi connectivity index (χ1n) is 9.44. The van der Waals surface area contributed by atoms with Gasteiger partial charge in [0.05, 0.1) is 5.56 Å². The van der Waals surface area contributed by atoms with Crippen LogP contribution in [0.25, 0.3) is 33.0 Å². The van der Waals surface area contributed by atoms with Crippen molar-refractivity contribution in [3.05, 3.63) is 95.6 Å². The summed E-state index contributed by atoms with van der Waals surface area (Å²) in [5.74, 6) is -2.86. The van der Waals surface area contributed by atoms with Crippen LogP contribution in [0.15, 0.2) is 66.7 Å². The molecule has 0 saturated carbocycles. The lowest BCUT2D eigenvalue weighted by molar-refractivity contribution is 0.589. The van der Waals surface area contributed by atoms with E-state index in [-0.39, 0.29) is 22.3 Å². The van der Waals surface area contributed by atoms with E-state index in [0.29, 0.717) is 5.39 Å². The minimum absolute atomic E-state index is 0.0917. The zero-order valence-electron chi connectivity index (χ0n) is 15.8. The normalized spacial score (nSPS) is 11.2. The lowest BCUT2D eigenvalue weighted by Gasteiger charge is -2.11. The van der Waals surface area contributed by atoms with Crippen molar-refractivity contribution in [3.63, 3.8) is 0 Å². The Morgan fingerprint density at radius 2 is 1.48 bits per heavy atom. The second-order valence-corrected chi connectivity index (χ2v) is 7.06. The van der Waals surface area contributed by atoms with E-state index in [1.54, 1.807) is 12.1 Å². The first kappa shape index (κ1) is 19.2. The van der Waals surface area contributed by atoms with E-state index < -0.39 is 23.3 Å². The van der Waals surface area contributed by atoms with Gasteiger partial charge in [0.25, 0.3) is 0 Å². The van der Waals surface area contributed by atoms with E-state index in [9.17, 15) is 13.2 Å². The molecule has 0 aliphatic carbocycles. The van der Waals surface area contributed by atoms with Gasteiger partial charge in [-0.2, -0.15) is 0 Å². The molecule has 0 atom stereocenters. The van der Waals surface area contributed by atoms with Crippen LogP contribution in [0.1, 0.15) is 18.9 Å². The second-order valence-electron chi connectivity index (χ2n) is 7.06. The van der Waals surface area contributed by atoms with Gasteiger partial charge in [0.15, 0.2) is 0 Å². The largest absolute Gasteiger partial charge is 0.207 e. The summed E-state index contributed by atoms with van der Waals surface area (Å²) in [5.41, 5.74) is 1.08. The Bertz CT molecular complexity index is 1190. The molecule has 0 aliphatic rings. The van der Waals surface area contributed by atoms with E-state index in [2.05, 4.69) is 6.92 Å².